The normalized spacial score (nSPS) is 19.2. The molecule has 1 aliphatic rings. The van der Waals surface area contributed by atoms with Crippen molar-refractivity contribution in [3.63, 3.8) is 0 Å². The average molecular weight is 259 g/mol. The highest BCUT2D eigenvalue weighted by Crippen LogP contribution is 2.20. The van der Waals surface area contributed by atoms with Crippen LogP contribution in [0.25, 0.3) is 0 Å². The Labute approximate surface area is 104 Å². The SMILES string of the molecule is OC(CN1CCSCC1)c1cc(F)ccc1F. The second-order valence-electron chi connectivity index (χ2n) is 4.09. The van der Waals surface area contributed by atoms with E-state index in [9.17, 15) is 13.9 Å². The Hall–Kier alpha value is -0.650. The zero-order valence-corrected chi connectivity index (χ0v) is 10.2. The third-order valence-electron chi connectivity index (χ3n) is 2.85. The number of hydrogen-bond acceptors (Lipinski definition) is 3. The van der Waals surface area contributed by atoms with Crippen LogP contribution < -0.4 is 0 Å². The first-order chi connectivity index (χ1) is 8.16. The molecule has 0 spiro atoms. The first-order valence-electron chi connectivity index (χ1n) is 5.60. The molecule has 1 fully saturated rings. The minimum Gasteiger partial charge on any atom is -0.387 e. The summed E-state index contributed by atoms with van der Waals surface area (Å²) in [5.74, 6) is 0.983. The third kappa shape index (κ3) is 3.40. The quantitative estimate of drug-likeness (QED) is 0.898. The number of β-amino-alcohol motifs (C(OH)–C–C–N with tert-alkyl or cyclic N) is 1. The van der Waals surface area contributed by atoms with Gasteiger partial charge in [-0.3, -0.25) is 4.90 Å². The predicted molar refractivity (Wildman–Crippen MR) is 65.1 cm³/mol. The van der Waals surface area contributed by atoms with Crippen molar-refractivity contribution in [2.45, 2.75) is 6.10 Å². The van der Waals surface area contributed by atoms with Crippen molar-refractivity contribution in [1.82, 2.24) is 4.90 Å². The van der Waals surface area contributed by atoms with Crippen LogP contribution in [0.3, 0.4) is 0 Å². The van der Waals surface area contributed by atoms with E-state index in [4.69, 9.17) is 0 Å². The van der Waals surface area contributed by atoms with Crippen LogP contribution in [0.5, 0.6) is 0 Å². The van der Waals surface area contributed by atoms with Crippen LogP contribution in [-0.4, -0.2) is 41.1 Å². The number of nitrogens with zero attached hydrogens (tertiary/aromatic N) is 1. The third-order valence-corrected chi connectivity index (χ3v) is 3.79. The van der Waals surface area contributed by atoms with Gasteiger partial charge in [-0.1, -0.05) is 0 Å². The molecule has 1 saturated heterocycles. The standard InChI is InChI=1S/C12H15F2NOS/c13-9-1-2-11(14)10(7-9)12(16)8-15-3-5-17-6-4-15/h1-2,7,12,16H,3-6,8H2. The number of aliphatic hydroxyl groups is 1. The van der Waals surface area contributed by atoms with Gasteiger partial charge in [-0.05, 0) is 18.2 Å². The summed E-state index contributed by atoms with van der Waals surface area (Å²) in [4.78, 5) is 2.07. The summed E-state index contributed by atoms with van der Waals surface area (Å²) in [7, 11) is 0. The number of benzene rings is 1. The number of hydrogen-bond donors (Lipinski definition) is 1. The number of rotatable bonds is 3. The summed E-state index contributed by atoms with van der Waals surface area (Å²) in [6, 6.07) is 3.18. The minimum absolute atomic E-state index is 0.0447. The molecule has 17 heavy (non-hydrogen) atoms. The molecule has 1 N–H and O–H groups in total. The topological polar surface area (TPSA) is 23.5 Å². The molecule has 1 aromatic rings. The average Bonchev–Trinajstić information content (AvgIpc) is 2.33. The molecule has 94 valence electrons. The lowest BCUT2D eigenvalue weighted by atomic mass is 10.1. The fourth-order valence-corrected chi connectivity index (χ4v) is 2.88. The van der Waals surface area contributed by atoms with Gasteiger partial charge in [0.15, 0.2) is 0 Å². The summed E-state index contributed by atoms with van der Waals surface area (Å²) in [6.07, 6.45) is -0.964. The van der Waals surface area contributed by atoms with Crippen LogP contribution in [0.4, 0.5) is 8.78 Å². The summed E-state index contributed by atoms with van der Waals surface area (Å²) in [5, 5.41) is 9.92. The van der Waals surface area contributed by atoms with Crippen molar-refractivity contribution in [3.05, 3.63) is 35.4 Å². The Morgan fingerprint density at radius 1 is 1.29 bits per heavy atom. The summed E-state index contributed by atoms with van der Waals surface area (Å²) in [6.45, 7) is 2.14. The molecule has 0 saturated carbocycles. The highest BCUT2D eigenvalue weighted by atomic mass is 32.2. The maximum atomic E-state index is 13.4. The summed E-state index contributed by atoms with van der Waals surface area (Å²) >= 11 is 1.87. The highest BCUT2D eigenvalue weighted by Gasteiger charge is 2.19. The monoisotopic (exact) mass is 259 g/mol. The van der Waals surface area contributed by atoms with Crippen LogP contribution in [0.1, 0.15) is 11.7 Å². The van der Waals surface area contributed by atoms with E-state index in [0.29, 0.717) is 6.54 Å². The molecule has 0 bridgehead atoms. The Kier molecular flexibility index (Phi) is 4.36. The number of thioether (sulfide) groups is 1. The van der Waals surface area contributed by atoms with Gasteiger partial charge < -0.3 is 5.11 Å². The first-order valence-corrected chi connectivity index (χ1v) is 6.75. The lowest BCUT2D eigenvalue weighted by Gasteiger charge is -2.28. The Morgan fingerprint density at radius 3 is 2.71 bits per heavy atom. The van der Waals surface area contributed by atoms with Crippen LogP contribution in [0.15, 0.2) is 18.2 Å². The molecular weight excluding hydrogens is 244 g/mol. The van der Waals surface area contributed by atoms with Gasteiger partial charge >= 0.3 is 0 Å². The predicted octanol–water partition coefficient (Wildman–Crippen LogP) is 2.05. The zero-order valence-electron chi connectivity index (χ0n) is 9.40. The van der Waals surface area contributed by atoms with Crippen LogP contribution in [0, 0.1) is 11.6 Å². The van der Waals surface area contributed by atoms with Crippen LogP contribution in [0.2, 0.25) is 0 Å². The van der Waals surface area contributed by atoms with Crippen molar-refractivity contribution in [2.24, 2.45) is 0 Å². The van der Waals surface area contributed by atoms with Crippen molar-refractivity contribution in [2.75, 3.05) is 31.1 Å². The molecule has 0 amide bonds. The van der Waals surface area contributed by atoms with E-state index >= 15 is 0 Å². The molecule has 0 aliphatic carbocycles. The van der Waals surface area contributed by atoms with E-state index in [1.807, 2.05) is 11.8 Å². The molecule has 2 rings (SSSR count). The molecule has 1 aromatic carbocycles. The summed E-state index contributed by atoms with van der Waals surface area (Å²) < 4.78 is 26.4. The lowest BCUT2D eigenvalue weighted by molar-refractivity contribution is 0.115. The molecule has 5 heteroatoms. The molecular formula is C12H15F2NOS. The van der Waals surface area contributed by atoms with Crippen molar-refractivity contribution < 1.29 is 13.9 Å². The molecule has 1 unspecified atom stereocenters. The second kappa shape index (κ2) is 5.80. The summed E-state index contributed by atoms with van der Waals surface area (Å²) in [5.41, 5.74) is 0.0447. The van der Waals surface area contributed by atoms with Gasteiger partial charge in [-0.2, -0.15) is 11.8 Å². The highest BCUT2D eigenvalue weighted by molar-refractivity contribution is 7.99. The van der Waals surface area contributed by atoms with Gasteiger partial charge in [-0.15, -0.1) is 0 Å². The maximum Gasteiger partial charge on any atom is 0.129 e. The maximum absolute atomic E-state index is 13.4. The number of halogens is 2. The van der Waals surface area contributed by atoms with Gasteiger partial charge in [0.2, 0.25) is 0 Å². The molecule has 2 nitrogen and oxygen atoms in total. The van der Waals surface area contributed by atoms with Gasteiger partial charge in [0.1, 0.15) is 11.6 Å². The van der Waals surface area contributed by atoms with Gasteiger partial charge in [0.05, 0.1) is 6.10 Å². The zero-order chi connectivity index (χ0) is 12.3. The Bertz CT molecular complexity index is 383. The van der Waals surface area contributed by atoms with Crippen molar-refractivity contribution in [3.8, 4) is 0 Å². The first kappa shape index (κ1) is 12.8. The Morgan fingerprint density at radius 2 is 2.00 bits per heavy atom. The van der Waals surface area contributed by atoms with Gasteiger partial charge in [0.25, 0.3) is 0 Å². The molecule has 1 heterocycles. The molecule has 0 radical (unpaired) electrons. The Balaban J connectivity index is 2.02. The van der Waals surface area contributed by atoms with Crippen LogP contribution in [-0.2, 0) is 0 Å². The minimum atomic E-state index is -0.964. The van der Waals surface area contributed by atoms with E-state index in [2.05, 4.69) is 4.90 Å². The van der Waals surface area contributed by atoms with Crippen molar-refractivity contribution >= 4 is 11.8 Å². The van der Waals surface area contributed by atoms with E-state index in [0.717, 1.165) is 42.8 Å². The van der Waals surface area contributed by atoms with Crippen molar-refractivity contribution in [1.29, 1.82) is 0 Å². The molecule has 1 atom stereocenters. The van der Waals surface area contributed by atoms with Crippen LogP contribution >= 0.6 is 11.8 Å². The fourth-order valence-electron chi connectivity index (χ4n) is 1.90. The molecule has 1 aliphatic heterocycles. The van der Waals surface area contributed by atoms with E-state index < -0.39 is 17.7 Å². The molecule has 0 aromatic heterocycles. The van der Waals surface area contributed by atoms with E-state index in [1.165, 1.54) is 0 Å². The largest absolute Gasteiger partial charge is 0.387 e. The number of aliphatic hydroxyl groups excluding tert-OH is 1. The van der Waals surface area contributed by atoms with E-state index in [-0.39, 0.29) is 5.56 Å². The van der Waals surface area contributed by atoms with E-state index in [1.54, 1.807) is 0 Å². The van der Waals surface area contributed by atoms with Gasteiger partial charge in [0, 0.05) is 36.7 Å². The fraction of sp³-hybridized carbons (Fsp3) is 0.500. The smallest absolute Gasteiger partial charge is 0.129 e. The lowest BCUT2D eigenvalue weighted by Crippen LogP contribution is -2.36. The second-order valence-corrected chi connectivity index (χ2v) is 5.32. The van der Waals surface area contributed by atoms with Gasteiger partial charge in [-0.25, -0.2) is 8.78 Å².